The van der Waals surface area contributed by atoms with Crippen LogP contribution in [0.15, 0.2) is 18.3 Å². The average Bonchev–Trinajstić information content (AvgIpc) is 2.72. The fourth-order valence-corrected chi connectivity index (χ4v) is 2.79. The molecule has 0 aliphatic carbocycles. The van der Waals surface area contributed by atoms with Crippen LogP contribution in [0.4, 0.5) is 0 Å². The van der Waals surface area contributed by atoms with Crippen LogP contribution in [0.25, 0.3) is 0 Å². The summed E-state index contributed by atoms with van der Waals surface area (Å²) in [6, 6.07) is 3.39. The van der Waals surface area contributed by atoms with Gasteiger partial charge < -0.3 is 19.5 Å². The van der Waals surface area contributed by atoms with Gasteiger partial charge in [0.25, 0.3) is 0 Å². The summed E-state index contributed by atoms with van der Waals surface area (Å²) < 4.78 is 11.9. The van der Waals surface area contributed by atoms with Crippen LogP contribution in [0.5, 0.6) is 0 Å². The first-order valence-corrected chi connectivity index (χ1v) is 8.83. The highest BCUT2D eigenvalue weighted by molar-refractivity contribution is 8.13. The van der Waals surface area contributed by atoms with E-state index in [1.165, 1.54) is 6.92 Å². The second-order valence-corrected chi connectivity index (χ2v) is 8.12. The molecule has 0 amide bonds. The molecule has 1 aromatic heterocycles. The van der Waals surface area contributed by atoms with E-state index in [0.29, 0.717) is 5.69 Å². The highest BCUT2D eigenvalue weighted by Crippen LogP contribution is 2.36. The summed E-state index contributed by atoms with van der Waals surface area (Å²) in [6.07, 6.45) is -0.635. The molecule has 6 nitrogen and oxygen atoms in total. The average molecular weight is 353 g/mol. The molecule has 0 radical (unpaired) electrons. The summed E-state index contributed by atoms with van der Waals surface area (Å²) in [6.45, 7) is 9.31. The topological polar surface area (TPSA) is 88.9 Å². The molecule has 1 aliphatic rings. The zero-order valence-corrected chi connectivity index (χ0v) is 15.5. The van der Waals surface area contributed by atoms with Gasteiger partial charge in [-0.2, -0.15) is 0 Å². The number of pyridine rings is 1. The maximum absolute atomic E-state index is 10.9. The molecule has 2 unspecified atom stereocenters. The second-order valence-electron chi connectivity index (χ2n) is 6.92. The van der Waals surface area contributed by atoms with Crippen molar-refractivity contribution < 1.29 is 24.3 Å². The fraction of sp³-hybridized carbons (Fsp3) is 0.625. The first-order valence-electron chi connectivity index (χ1n) is 7.84. The highest BCUT2D eigenvalue weighted by Gasteiger charge is 2.51. The molecule has 0 aromatic carbocycles. The van der Waals surface area contributed by atoms with Crippen molar-refractivity contribution in [1.82, 2.24) is 4.98 Å². The zero-order valence-electron chi connectivity index (χ0n) is 14.6. The number of aliphatic hydroxyl groups is 2. The third kappa shape index (κ3) is 4.18. The predicted octanol–water partition coefficient (Wildman–Crippen LogP) is 1.05. The number of aromatic nitrogens is 1. The van der Waals surface area contributed by atoms with Crippen LogP contribution in [0.1, 0.15) is 46.4 Å². The first kappa shape index (κ1) is 19.4. The van der Waals surface area contributed by atoms with Gasteiger partial charge in [-0.1, -0.05) is 17.8 Å². The van der Waals surface area contributed by atoms with E-state index in [1.807, 2.05) is 27.7 Å². The van der Waals surface area contributed by atoms with E-state index in [0.717, 1.165) is 17.2 Å². The predicted molar refractivity (Wildman–Crippen MR) is 94.1 cm³/mol. The van der Waals surface area contributed by atoms with Crippen LogP contribution >= 0.6 is 11.8 Å². The van der Waals surface area contributed by atoms with Crippen LogP contribution < -0.4 is 5.46 Å². The lowest BCUT2D eigenvalue weighted by Gasteiger charge is -2.32. The molecule has 1 fully saturated rings. The molecule has 1 saturated heterocycles. The molecule has 2 atom stereocenters. The Balaban J connectivity index is 2.05. The van der Waals surface area contributed by atoms with E-state index in [1.54, 1.807) is 18.3 Å². The first-order chi connectivity index (χ1) is 11.0. The molecule has 8 heteroatoms. The molecule has 24 heavy (non-hydrogen) atoms. The minimum absolute atomic E-state index is 0.106. The van der Waals surface area contributed by atoms with E-state index in [-0.39, 0.29) is 10.9 Å². The summed E-state index contributed by atoms with van der Waals surface area (Å²) in [5.74, 6) is 0.122. The summed E-state index contributed by atoms with van der Waals surface area (Å²) in [5.41, 5.74) is 0.218. The van der Waals surface area contributed by atoms with Gasteiger partial charge >= 0.3 is 7.12 Å². The third-order valence-electron chi connectivity index (χ3n) is 4.46. The molecule has 1 aliphatic heterocycles. The van der Waals surface area contributed by atoms with Crippen molar-refractivity contribution in [3.63, 3.8) is 0 Å². The van der Waals surface area contributed by atoms with Gasteiger partial charge in [-0.3, -0.25) is 9.78 Å². The number of aliphatic hydroxyl groups excluding tert-OH is 2. The molecular weight excluding hydrogens is 329 g/mol. The van der Waals surface area contributed by atoms with Crippen molar-refractivity contribution in [2.45, 2.75) is 58.0 Å². The molecular formula is C16H24BNO5S. The Bertz CT molecular complexity index is 577. The Morgan fingerprint density at radius 3 is 2.29 bits per heavy atom. The Kier molecular flexibility index (Phi) is 5.77. The number of nitrogens with zero attached hydrogens (tertiary/aromatic N) is 1. The van der Waals surface area contributed by atoms with Gasteiger partial charge in [-0.25, -0.2) is 0 Å². The second kappa shape index (κ2) is 7.13. The normalized spacial score (nSPS) is 21.5. The van der Waals surface area contributed by atoms with Crippen LogP contribution in [-0.2, 0) is 14.1 Å². The van der Waals surface area contributed by atoms with Gasteiger partial charge in [-0.15, -0.1) is 0 Å². The Morgan fingerprint density at radius 1 is 1.25 bits per heavy atom. The van der Waals surface area contributed by atoms with Gasteiger partial charge in [0, 0.05) is 24.3 Å². The molecule has 0 spiro atoms. The number of hydrogen-bond donors (Lipinski definition) is 2. The third-order valence-corrected chi connectivity index (χ3v) is 5.37. The zero-order chi connectivity index (χ0) is 18.1. The molecule has 0 saturated carbocycles. The van der Waals surface area contributed by atoms with Crippen molar-refractivity contribution in [2.75, 3.05) is 5.75 Å². The largest absolute Gasteiger partial charge is 0.496 e. The van der Waals surface area contributed by atoms with E-state index < -0.39 is 30.5 Å². The van der Waals surface area contributed by atoms with Crippen molar-refractivity contribution in [3.8, 4) is 0 Å². The standard InChI is InChI=1S/C16H24BNO5S/c1-10(19)24-9-13(20)14(21)12-7-6-11(8-18-12)17-22-15(2,3)16(4,5)23-17/h6-8,13-14,20-21H,9H2,1-5H3. The molecule has 1 aromatic rings. The van der Waals surface area contributed by atoms with E-state index in [2.05, 4.69) is 4.98 Å². The minimum atomic E-state index is -1.15. The number of hydrogen-bond acceptors (Lipinski definition) is 7. The minimum Gasteiger partial charge on any atom is -0.399 e. The van der Waals surface area contributed by atoms with E-state index >= 15 is 0 Å². The Labute approximate surface area is 147 Å². The number of carbonyl (C=O) groups excluding carboxylic acids is 1. The maximum Gasteiger partial charge on any atom is 0.496 e. The van der Waals surface area contributed by atoms with Crippen molar-refractivity contribution >= 4 is 29.5 Å². The molecule has 2 heterocycles. The molecule has 132 valence electrons. The van der Waals surface area contributed by atoms with Crippen LogP contribution in [-0.4, -0.2) is 50.5 Å². The summed E-state index contributed by atoms with van der Waals surface area (Å²) in [5, 5.41) is 19.9. The SMILES string of the molecule is CC(=O)SCC(O)C(O)c1ccc(B2OC(C)(C)C(C)(C)O2)cn1. The summed E-state index contributed by atoms with van der Waals surface area (Å²) in [4.78, 5) is 15.1. The maximum atomic E-state index is 10.9. The van der Waals surface area contributed by atoms with Crippen molar-refractivity contribution in [2.24, 2.45) is 0 Å². The van der Waals surface area contributed by atoms with Crippen LogP contribution in [0.2, 0.25) is 0 Å². The number of rotatable bonds is 5. The lowest BCUT2D eigenvalue weighted by molar-refractivity contribution is -0.109. The van der Waals surface area contributed by atoms with Crippen LogP contribution in [0.3, 0.4) is 0 Å². The molecule has 2 N–H and O–H groups in total. The number of thioether (sulfide) groups is 1. The van der Waals surface area contributed by atoms with Gasteiger partial charge in [-0.05, 0) is 33.8 Å². The van der Waals surface area contributed by atoms with Gasteiger partial charge in [0.15, 0.2) is 5.12 Å². The van der Waals surface area contributed by atoms with E-state index in [4.69, 9.17) is 9.31 Å². The summed E-state index contributed by atoms with van der Waals surface area (Å²) in [7, 11) is -0.521. The highest BCUT2D eigenvalue weighted by atomic mass is 32.2. The van der Waals surface area contributed by atoms with Gasteiger partial charge in [0.05, 0.1) is 23.0 Å². The molecule has 2 rings (SSSR count). The Morgan fingerprint density at radius 2 is 1.83 bits per heavy atom. The smallest absolute Gasteiger partial charge is 0.399 e. The quantitative estimate of drug-likeness (QED) is 0.765. The lowest BCUT2D eigenvalue weighted by Crippen LogP contribution is -2.41. The van der Waals surface area contributed by atoms with Crippen molar-refractivity contribution in [3.05, 3.63) is 24.0 Å². The lowest BCUT2D eigenvalue weighted by atomic mass is 9.80. The monoisotopic (exact) mass is 353 g/mol. The van der Waals surface area contributed by atoms with Crippen molar-refractivity contribution in [1.29, 1.82) is 0 Å². The Hall–Kier alpha value is -0.925. The fourth-order valence-electron chi connectivity index (χ4n) is 2.20. The van der Waals surface area contributed by atoms with Crippen LogP contribution in [0, 0.1) is 0 Å². The van der Waals surface area contributed by atoms with Gasteiger partial charge in [0.1, 0.15) is 6.10 Å². The summed E-state index contributed by atoms with van der Waals surface area (Å²) >= 11 is 0.969. The molecule has 0 bridgehead atoms. The van der Waals surface area contributed by atoms with Gasteiger partial charge in [0.2, 0.25) is 0 Å². The van der Waals surface area contributed by atoms with E-state index in [9.17, 15) is 15.0 Å². The number of carbonyl (C=O) groups is 1.